The smallest absolute Gasteiger partial charge is 0.159 e. The molecule has 0 atom stereocenters. The third kappa shape index (κ3) is 2.48. The second-order valence-electron chi connectivity index (χ2n) is 4.89. The molecule has 3 rings (SSSR count). The van der Waals surface area contributed by atoms with Crippen molar-refractivity contribution in [3.63, 3.8) is 0 Å². The number of para-hydroxylation sites is 1. The Hall–Kier alpha value is -2.42. The summed E-state index contributed by atoms with van der Waals surface area (Å²) >= 11 is 0. The molecule has 20 heavy (non-hydrogen) atoms. The summed E-state index contributed by atoms with van der Waals surface area (Å²) in [5, 5.41) is 6.69. The lowest BCUT2D eigenvalue weighted by Crippen LogP contribution is -2.11. The van der Waals surface area contributed by atoms with Gasteiger partial charge in [-0.05, 0) is 24.6 Å². The molecule has 3 nitrogen and oxygen atoms in total. The van der Waals surface area contributed by atoms with E-state index in [1.54, 1.807) is 6.92 Å². The van der Waals surface area contributed by atoms with Crippen molar-refractivity contribution < 1.29 is 4.79 Å². The van der Waals surface area contributed by atoms with E-state index in [4.69, 9.17) is 0 Å². The Kier molecular flexibility index (Phi) is 3.33. The van der Waals surface area contributed by atoms with Crippen molar-refractivity contribution in [2.45, 2.75) is 13.3 Å². The highest BCUT2D eigenvalue weighted by atomic mass is 16.1. The summed E-state index contributed by atoms with van der Waals surface area (Å²) in [5.41, 5.74) is 4.02. The van der Waals surface area contributed by atoms with Crippen LogP contribution in [0.1, 0.15) is 29.3 Å². The number of hydrogen-bond acceptors (Lipinski definition) is 3. The minimum absolute atomic E-state index is 0.0934. The third-order valence-electron chi connectivity index (χ3n) is 3.48. The SMILES string of the molecule is CC(=O)c1ccc(C2=NN(c3ccccc3)CC2)cc1. The van der Waals surface area contributed by atoms with Gasteiger partial charge in [0.15, 0.2) is 5.78 Å². The summed E-state index contributed by atoms with van der Waals surface area (Å²) in [6, 6.07) is 17.8. The number of rotatable bonds is 3. The molecule has 0 fully saturated rings. The molecule has 0 unspecified atom stereocenters. The van der Waals surface area contributed by atoms with Gasteiger partial charge in [0.25, 0.3) is 0 Å². The van der Waals surface area contributed by atoms with Crippen LogP contribution in [0.4, 0.5) is 5.69 Å². The van der Waals surface area contributed by atoms with E-state index in [2.05, 4.69) is 17.2 Å². The minimum Gasteiger partial charge on any atom is -0.295 e. The van der Waals surface area contributed by atoms with E-state index >= 15 is 0 Å². The second kappa shape index (κ2) is 5.29. The molecule has 0 radical (unpaired) electrons. The van der Waals surface area contributed by atoms with Crippen LogP contribution in [0.3, 0.4) is 0 Å². The van der Waals surface area contributed by atoms with Crippen LogP contribution in [0.2, 0.25) is 0 Å². The fourth-order valence-corrected chi connectivity index (χ4v) is 2.34. The van der Waals surface area contributed by atoms with E-state index in [-0.39, 0.29) is 5.78 Å². The van der Waals surface area contributed by atoms with Gasteiger partial charge in [0, 0.05) is 18.5 Å². The van der Waals surface area contributed by atoms with Crippen LogP contribution < -0.4 is 5.01 Å². The number of hydrogen-bond donors (Lipinski definition) is 0. The van der Waals surface area contributed by atoms with Crippen LogP contribution in [-0.2, 0) is 0 Å². The first kappa shape index (κ1) is 12.6. The highest BCUT2D eigenvalue weighted by Gasteiger charge is 2.17. The fraction of sp³-hybridized carbons (Fsp3) is 0.176. The Morgan fingerprint density at radius 1 is 1.05 bits per heavy atom. The molecular weight excluding hydrogens is 248 g/mol. The molecule has 1 aliphatic rings. The molecule has 3 heteroatoms. The van der Waals surface area contributed by atoms with Crippen molar-refractivity contribution in [1.82, 2.24) is 0 Å². The first-order chi connectivity index (χ1) is 9.74. The molecular formula is C17H16N2O. The quantitative estimate of drug-likeness (QED) is 0.795. The summed E-state index contributed by atoms with van der Waals surface area (Å²) in [4.78, 5) is 11.3. The Morgan fingerprint density at radius 3 is 2.40 bits per heavy atom. The molecule has 2 aromatic carbocycles. The van der Waals surface area contributed by atoms with Gasteiger partial charge in [-0.25, -0.2) is 0 Å². The molecule has 1 heterocycles. The van der Waals surface area contributed by atoms with Crippen LogP contribution in [0.25, 0.3) is 0 Å². The van der Waals surface area contributed by atoms with Crippen LogP contribution in [-0.4, -0.2) is 18.0 Å². The van der Waals surface area contributed by atoms with E-state index in [0.717, 1.165) is 35.5 Å². The average Bonchev–Trinajstić information content (AvgIpc) is 2.98. The van der Waals surface area contributed by atoms with Crippen LogP contribution in [0.5, 0.6) is 0 Å². The minimum atomic E-state index is 0.0934. The van der Waals surface area contributed by atoms with Crippen molar-refractivity contribution in [2.24, 2.45) is 5.10 Å². The zero-order valence-corrected chi connectivity index (χ0v) is 11.4. The number of anilines is 1. The van der Waals surface area contributed by atoms with Gasteiger partial charge in [0.1, 0.15) is 0 Å². The molecule has 1 aliphatic heterocycles. The summed E-state index contributed by atoms with van der Waals surface area (Å²) in [6.45, 7) is 2.48. The standard InChI is InChI=1S/C17H16N2O/c1-13(20)14-7-9-15(10-8-14)17-11-12-19(18-17)16-5-3-2-4-6-16/h2-10H,11-12H2,1H3. The lowest BCUT2D eigenvalue weighted by atomic mass is 10.0. The Labute approximate surface area is 118 Å². The third-order valence-corrected chi connectivity index (χ3v) is 3.48. The highest BCUT2D eigenvalue weighted by Crippen LogP contribution is 2.21. The zero-order chi connectivity index (χ0) is 13.9. The molecule has 0 aromatic heterocycles. The van der Waals surface area contributed by atoms with Crippen LogP contribution in [0, 0.1) is 0 Å². The van der Waals surface area contributed by atoms with Gasteiger partial charge in [-0.15, -0.1) is 0 Å². The largest absolute Gasteiger partial charge is 0.295 e. The van der Waals surface area contributed by atoms with E-state index in [0.29, 0.717) is 0 Å². The summed E-state index contributed by atoms with van der Waals surface area (Å²) in [6.07, 6.45) is 0.925. The van der Waals surface area contributed by atoms with Gasteiger partial charge in [-0.3, -0.25) is 9.80 Å². The lowest BCUT2D eigenvalue weighted by Gasteiger charge is -2.12. The summed E-state index contributed by atoms with van der Waals surface area (Å²) in [5.74, 6) is 0.0934. The van der Waals surface area contributed by atoms with Gasteiger partial charge >= 0.3 is 0 Å². The number of carbonyl (C=O) groups is 1. The van der Waals surface area contributed by atoms with Gasteiger partial charge in [-0.2, -0.15) is 5.10 Å². The molecule has 0 aliphatic carbocycles. The maximum atomic E-state index is 11.3. The normalized spacial score (nSPS) is 14.2. The van der Waals surface area contributed by atoms with Crippen molar-refractivity contribution in [3.8, 4) is 0 Å². The highest BCUT2D eigenvalue weighted by molar-refractivity contribution is 6.03. The number of nitrogens with zero attached hydrogens (tertiary/aromatic N) is 2. The molecule has 0 spiro atoms. The van der Waals surface area contributed by atoms with E-state index < -0.39 is 0 Å². The maximum absolute atomic E-state index is 11.3. The van der Waals surface area contributed by atoms with Crippen molar-refractivity contribution in [3.05, 3.63) is 65.7 Å². The summed E-state index contributed by atoms with van der Waals surface area (Å²) in [7, 11) is 0. The maximum Gasteiger partial charge on any atom is 0.159 e. The first-order valence-electron chi connectivity index (χ1n) is 6.75. The Morgan fingerprint density at radius 2 is 1.75 bits per heavy atom. The van der Waals surface area contributed by atoms with E-state index in [1.807, 2.05) is 47.5 Å². The second-order valence-corrected chi connectivity index (χ2v) is 4.89. The molecule has 0 bridgehead atoms. The molecule has 0 saturated carbocycles. The number of Topliss-reactive ketones (excluding diaryl/α,β-unsaturated/α-hetero) is 1. The van der Waals surface area contributed by atoms with E-state index in [1.165, 1.54) is 0 Å². The number of hydrazone groups is 1. The van der Waals surface area contributed by atoms with Crippen LogP contribution >= 0.6 is 0 Å². The van der Waals surface area contributed by atoms with E-state index in [9.17, 15) is 4.79 Å². The molecule has 0 amide bonds. The predicted molar refractivity (Wildman–Crippen MR) is 81.4 cm³/mol. The molecule has 0 N–H and O–H groups in total. The lowest BCUT2D eigenvalue weighted by molar-refractivity contribution is 0.101. The van der Waals surface area contributed by atoms with Gasteiger partial charge in [0.05, 0.1) is 11.4 Å². The summed E-state index contributed by atoms with van der Waals surface area (Å²) < 4.78 is 0. The van der Waals surface area contributed by atoms with Crippen molar-refractivity contribution in [2.75, 3.05) is 11.6 Å². The first-order valence-corrected chi connectivity index (χ1v) is 6.75. The van der Waals surface area contributed by atoms with Gasteiger partial charge in [-0.1, -0.05) is 42.5 Å². The molecule has 100 valence electrons. The average molecular weight is 264 g/mol. The number of ketones is 1. The zero-order valence-electron chi connectivity index (χ0n) is 11.4. The molecule has 0 saturated heterocycles. The van der Waals surface area contributed by atoms with Gasteiger partial charge < -0.3 is 0 Å². The fourth-order valence-electron chi connectivity index (χ4n) is 2.34. The van der Waals surface area contributed by atoms with Crippen molar-refractivity contribution >= 4 is 17.2 Å². The number of benzene rings is 2. The predicted octanol–water partition coefficient (Wildman–Crippen LogP) is 3.50. The van der Waals surface area contributed by atoms with Crippen LogP contribution in [0.15, 0.2) is 59.7 Å². The Balaban J connectivity index is 1.83. The van der Waals surface area contributed by atoms with Crippen molar-refractivity contribution in [1.29, 1.82) is 0 Å². The van der Waals surface area contributed by atoms with Gasteiger partial charge in [0.2, 0.25) is 0 Å². The topological polar surface area (TPSA) is 32.7 Å². The monoisotopic (exact) mass is 264 g/mol. The molecule has 2 aromatic rings. The number of carbonyl (C=O) groups excluding carboxylic acids is 1. The Bertz CT molecular complexity index is 644.